The normalized spacial score (nSPS) is 22.6. The molecule has 1 saturated heterocycles. The van der Waals surface area contributed by atoms with Crippen molar-refractivity contribution in [3.05, 3.63) is 11.8 Å². The van der Waals surface area contributed by atoms with E-state index in [-0.39, 0.29) is 5.57 Å². The van der Waals surface area contributed by atoms with Crippen molar-refractivity contribution >= 4 is 17.8 Å². The molecular formula is C9H12N2O5. The van der Waals surface area contributed by atoms with Crippen molar-refractivity contribution in [3.8, 4) is 0 Å². The molecule has 1 fully saturated rings. The first-order valence-electron chi connectivity index (χ1n) is 4.48. The molecule has 1 aliphatic rings. The Balaban J connectivity index is 3.13. The molecule has 0 aliphatic carbocycles. The maximum atomic E-state index is 11.5. The van der Waals surface area contributed by atoms with E-state index in [1.807, 2.05) is 0 Å². The number of rotatable bonds is 2. The average Bonchev–Trinajstić information content (AvgIpc) is 2.43. The monoisotopic (exact) mass is 228 g/mol. The predicted octanol–water partition coefficient (Wildman–Crippen LogP) is -0.552. The maximum absolute atomic E-state index is 11.5. The number of carbonyl (C=O) groups is 3. The number of hydrogen-bond acceptors (Lipinski definition) is 4. The van der Waals surface area contributed by atoms with Gasteiger partial charge in [-0.25, -0.2) is 9.59 Å². The Bertz CT molecular complexity index is 374. The highest BCUT2D eigenvalue weighted by atomic mass is 16.4. The van der Waals surface area contributed by atoms with Crippen LogP contribution in [0.15, 0.2) is 11.8 Å². The van der Waals surface area contributed by atoms with E-state index in [0.29, 0.717) is 4.90 Å². The van der Waals surface area contributed by atoms with Crippen molar-refractivity contribution in [1.82, 2.24) is 9.80 Å². The molecule has 1 rings (SSSR count). The van der Waals surface area contributed by atoms with Crippen LogP contribution < -0.4 is 0 Å². The van der Waals surface area contributed by atoms with E-state index in [4.69, 9.17) is 10.2 Å². The topological polar surface area (TPSA) is 98.2 Å². The predicted molar refractivity (Wildman–Crippen MR) is 52.9 cm³/mol. The van der Waals surface area contributed by atoms with Crippen LogP contribution in [0.2, 0.25) is 0 Å². The summed E-state index contributed by atoms with van der Waals surface area (Å²) in [6.45, 7) is -0.411. The van der Waals surface area contributed by atoms with E-state index in [1.165, 1.54) is 11.1 Å². The van der Waals surface area contributed by atoms with Crippen LogP contribution in [0, 0.1) is 0 Å². The molecular weight excluding hydrogens is 216 g/mol. The summed E-state index contributed by atoms with van der Waals surface area (Å²) in [6, 6.07) is -1.41. The highest BCUT2D eigenvalue weighted by Crippen LogP contribution is 2.21. The van der Waals surface area contributed by atoms with Crippen LogP contribution in [-0.2, 0) is 9.59 Å². The van der Waals surface area contributed by atoms with E-state index in [9.17, 15) is 14.4 Å². The minimum atomic E-state index is -1.41. The maximum Gasteiger partial charge on any atom is 0.408 e. The Kier molecular flexibility index (Phi) is 3.17. The summed E-state index contributed by atoms with van der Waals surface area (Å²) in [5, 5.41) is 17.7. The zero-order valence-corrected chi connectivity index (χ0v) is 8.88. The number of Topliss-reactive ketones (excluding diaryl/α,β-unsaturated/α-hetero) is 1. The third-order valence-electron chi connectivity index (χ3n) is 2.12. The minimum absolute atomic E-state index is 0.0140. The van der Waals surface area contributed by atoms with E-state index in [1.54, 1.807) is 14.1 Å². The molecule has 0 aromatic carbocycles. The van der Waals surface area contributed by atoms with Crippen LogP contribution in [0.1, 0.15) is 0 Å². The highest BCUT2D eigenvalue weighted by molar-refractivity contribution is 6.08. The lowest BCUT2D eigenvalue weighted by Crippen LogP contribution is -2.40. The Labute approximate surface area is 91.6 Å². The van der Waals surface area contributed by atoms with Gasteiger partial charge in [0.25, 0.3) is 0 Å². The molecule has 0 bridgehead atoms. The van der Waals surface area contributed by atoms with Gasteiger partial charge in [-0.1, -0.05) is 0 Å². The summed E-state index contributed by atoms with van der Waals surface area (Å²) in [6.07, 6.45) is -0.0766. The van der Waals surface area contributed by atoms with Crippen molar-refractivity contribution in [3.63, 3.8) is 0 Å². The largest absolute Gasteiger partial charge is 0.479 e. The molecule has 7 heteroatoms. The van der Waals surface area contributed by atoms with Gasteiger partial charge >= 0.3 is 12.1 Å². The van der Waals surface area contributed by atoms with E-state index < -0.39 is 30.4 Å². The molecule has 1 unspecified atom stereocenters. The Morgan fingerprint density at radius 2 is 2.00 bits per heavy atom. The highest BCUT2D eigenvalue weighted by Gasteiger charge is 2.43. The Morgan fingerprint density at radius 1 is 1.44 bits per heavy atom. The number of likely N-dealkylation sites (tertiary alicyclic amines) is 1. The quantitative estimate of drug-likeness (QED) is 0.615. The summed E-state index contributed by atoms with van der Waals surface area (Å²) in [5.41, 5.74) is -0.0140. The van der Waals surface area contributed by atoms with Gasteiger partial charge in [0, 0.05) is 25.9 Å². The van der Waals surface area contributed by atoms with Gasteiger partial charge < -0.3 is 15.1 Å². The number of carboxylic acids is 1. The molecule has 0 aromatic rings. The first-order chi connectivity index (χ1) is 7.34. The van der Waals surface area contributed by atoms with Crippen molar-refractivity contribution in [2.75, 3.05) is 20.6 Å². The second kappa shape index (κ2) is 4.21. The molecule has 2 N–H and O–H groups in total. The number of carbonyl (C=O) groups excluding carboxylic acids is 1. The second-order valence-electron chi connectivity index (χ2n) is 3.62. The molecule has 1 atom stereocenters. The number of aliphatic carboxylic acids is 1. The molecule has 16 heavy (non-hydrogen) atoms. The fourth-order valence-corrected chi connectivity index (χ4v) is 1.52. The van der Waals surface area contributed by atoms with Gasteiger partial charge in [-0.3, -0.25) is 9.69 Å². The van der Waals surface area contributed by atoms with Crippen molar-refractivity contribution in [2.24, 2.45) is 0 Å². The standard InChI is InChI=1S/C9H12N2O5/c1-10(2)3-5-6(12)4-11(9(15)16)7(5)8(13)14/h3,7H,4H2,1-2H3,(H,13,14)(H,15,16). The van der Waals surface area contributed by atoms with Crippen LogP contribution in [-0.4, -0.2) is 64.5 Å². The van der Waals surface area contributed by atoms with Crippen molar-refractivity contribution in [2.45, 2.75) is 6.04 Å². The Hall–Kier alpha value is -2.05. The molecule has 0 radical (unpaired) electrons. The summed E-state index contributed by atoms with van der Waals surface area (Å²) in [4.78, 5) is 35.3. The first kappa shape index (κ1) is 12.0. The molecule has 1 amide bonds. The lowest BCUT2D eigenvalue weighted by molar-refractivity contribution is -0.140. The summed E-state index contributed by atoms with van der Waals surface area (Å²) in [7, 11) is 3.26. The van der Waals surface area contributed by atoms with Gasteiger partial charge in [0.2, 0.25) is 0 Å². The number of nitrogens with zero attached hydrogens (tertiary/aromatic N) is 2. The van der Waals surface area contributed by atoms with E-state index >= 15 is 0 Å². The van der Waals surface area contributed by atoms with Crippen molar-refractivity contribution < 1.29 is 24.6 Å². The Morgan fingerprint density at radius 3 is 2.38 bits per heavy atom. The fourth-order valence-electron chi connectivity index (χ4n) is 1.52. The van der Waals surface area contributed by atoms with Crippen LogP contribution >= 0.6 is 0 Å². The smallest absolute Gasteiger partial charge is 0.408 e. The number of amides is 1. The SMILES string of the molecule is CN(C)C=C1C(=O)CN(C(=O)O)C1C(=O)O. The first-order valence-corrected chi connectivity index (χ1v) is 4.48. The fraction of sp³-hybridized carbons (Fsp3) is 0.444. The van der Waals surface area contributed by atoms with Gasteiger partial charge in [0.05, 0.1) is 6.54 Å². The molecule has 88 valence electrons. The second-order valence-corrected chi connectivity index (χ2v) is 3.62. The molecule has 0 aromatic heterocycles. The molecule has 0 spiro atoms. The third-order valence-corrected chi connectivity index (χ3v) is 2.12. The van der Waals surface area contributed by atoms with Gasteiger partial charge in [0.1, 0.15) is 0 Å². The summed E-state index contributed by atoms with van der Waals surface area (Å²) < 4.78 is 0. The summed E-state index contributed by atoms with van der Waals surface area (Å²) in [5.74, 6) is -1.83. The van der Waals surface area contributed by atoms with Crippen LogP contribution in [0.25, 0.3) is 0 Å². The van der Waals surface area contributed by atoms with E-state index in [2.05, 4.69) is 0 Å². The molecule has 1 heterocycles. The van der Waals surface area contributed by atoms with Crippen LogP contribution in [0.5, 0.6) is 0 Å². The number of hydrogen-bond donors (Lipinski definition) is 2. The van der Waals surface area contributed by atoms with Gasteiger partial charge in [-0.15, -0.1) is 0 Å². The average molecular weight is 228 g/mol. The van der Waals surface area contributed by atoms with Gasteiger partial charge in [0.15, 0.2) is 11.8 Å². The zero-order valence-electron chi connectivity index (χ0n) is 8.88. The molecule has 1 aliphatic heterocycles. The summed E-state index contributed by atoms with van der Waals surface area (Å²) >= 11 is 0. The number of ketones is 1. The van der Waals surface area contributed by atoms with Gasteiger partial charge in [-0.05, 0) is 0 Å². The third kappa shape index (κ3) is 2.13. The minimum Gasteiger partial charge on any atom is -0.479 e. The van der Waals surface area contributed by atoms with Crippen LogP contribution in [0.3, 0.4) is 0 Å². The van der Waals surface area contributed by atoms with E-state index in [0.717, 1.165) is 0 Å². The molecule has 0 saturated carbocycles. The number of carboxylic acid groups (broad SMARTS) is 2. The lowest BCUT2D eigenvalue weighted by Gasteiger charge is -2.17. The molecule has 7 nitrogen and oxygen atoms in total. The van der Waals surface area contributed by atoms with Crippen LogP contribution in [0.4, 0.5) is 4.79 Å². The van der Waals surface area contributed by atoms with Crippen molar-refractivity contribution in [1.29, 1.82) is 0 Å². The van der Waals surface area contributed by atoms with Gasteiger partial charge in [-0.2, -0.15) is 0 Å². The zero-order chi connectivity index (χ0) is 12.5. The lowest BCUT2D eigenvalue weighted by atomic mass is 10.1.